The Morgan fingerprint density at radius 3 is 2.67 bits per heavy atom. The quantitative estimate of drug-likeness (QED) is 0.710. The second-order valence-electron chi connectivity index (χ2n) is 7.97. The Morgan fingerprint density at radius 2 is 1.96 bits per heavy atom. The first-order chi connectivity index (χ1) is 13.1. The molecular formula is C21H26N3O2S-. The Balaban J connectivity index is 1.29. The number of fused-ring (bicyclic) bond motifs is 1. The van der Waals surface area contributed by atoms with Crippen molar-refractivity contribution in [2.75, 3.05) is 19.6 Å². The van der Waals surface area contributed by atoms with Gasteiger partial charge < -0.3 is 9.45 Å². The molecule has 2 aromatic rings. The van der Waals surface area contributed by atoms with Gasteiger partial charge >= 0.3 is 0 Å². The molecule has 0 bridgehead atoms. The molecule has 5 nitrogen and oxygen atoms in total. The third-order valence-electron chi connectivity index (χ3n) is 6.46. The van der Waals surface area contributed by atoms with Gasteiger partial charge in [0.15, 0.2) is 0 Å². The molecule has 2 heterocycles. The van der Waals surface area contributed by atoms with Gasteiger partial charge in [-0.05, 0) is 60.0 Å². The molecule has 144 valence electrons. The van der Waals surface area contributed by atoms with E-state index in [4.69, 9.17) is 0 Å². The second kappa shape index (κ2) is 7.80. The minimum absolute atomic E-state index is 0.244. The molecule has 1 saturated heterocycles. The maximum Gasteiger partial charge on any atom is 0.0322 e. The number of hydrogen-bond acceptors (Lipinski definition) is 4. The van der Waals surface area contributed by atoms with E-state index in [0.29, 0.717) is 6.54 Å². The molecule has 3 unspecified atom stereocenters. The van der Waals surface area contributed by atoms with Crippen LogP contribution in [-0.4, -0.2) is 38.3 Å². The number of hydrogen-bond donors (Lipinski definition) is 1. The number of benzene rings is 1. The fraction of sp³-hybridized carbons (Fsp3) is 0.476. The van der Waals surface area contributed by atoms with Crippen molar-refractivity contribution in [1.82, 2.24) is 14.6 Å². The maximum atomic E-state index is 10.7. The number of rotatable bonds is 8. The van der Waals surface area contributed by atoms with Crippen molar-refractivity contribution in [2.24, 2.45) is 11.8 Å². The third kappa shape index (κ3) is 3.99. The Hall–Kier alpha value is -1.60. The van der Waals surface area contributed by atoms with E-state index in [1.54, 1.807) is 0 Å². The summed E-state index contributed by atoms with van der Waals surface area (Å²) in [6.07, 6.45) is 6.03. The Labute approximate surface area is 163 Å². The molecule has 2 aliphatic rings. The monoisotopic (exact) mass is 384 g/mol. The van der Waals surface area contributed by atoms with Crippen molar-refractivity contribution in [2.45, 2.75) is 31.7 Å². The smallest absolute Gasteiger partial charge is 0.0322 e. The zero-order valence-electron chi connectivity index (χ0n) is 15.6. The standard InChI is InChI=1S/C21H27N3O2S/c1-21(18-6-2-4-17(12-18)13-23-27(25)26)19-14-24(15-20(19)21)11-3-5-16-7-9-22-10-8-16/h2,4,6-10,12,19-20,23H,3,5,11,13-15H2,1H3,(H,25,26)/p-1. The lowest BCUT2D eigenvalue weighted by Crippen LogP contribution is -2.30. The van der Waals surface area contributed by atoms with E-state index >= 15 is 0 Å². The zero-order valence-corrected chi connectivity index (χ0v) is 16.5. The summed E-state index contributed by atoms with van der Waals surface area (Å²) < 4.78 is 23.9. The summed E-state index contributed by atoms with van der Waals surface area (Å²) in [4.78, 5) is 6.67. The highest BCUT2D eigenvalue weighted by molar-refractivity contribution is 7.77. The molecule has 4 rings (SSSR count). The van der Waals surface area contributed by atoms with Crippen molar-refractivity contribution in [3.8, 4) is 0 Å². The minimum atomic E-state index is -2.21. The number of nitrogens with one attached hydrogen (secondary N) is 1. The van der Waals surface area contributed by atoms with Crippen LogP contribution in [0.1, 0.15) is 30.0 Å². The number of pyridine rings is 1. The van der Waals surface area contributed by atoms with Gasteiger partial charge in [0.25, 0.3) is 0 Å². The van der Waals surface area contributed by atoms with Gasteiger partial charge in [-0.1, -0.05) is 31.2 Å². The van der Waals surface area contributed by atoms with Gasteiger partial charge in [-0.2, -0.15) is 0 Å². The molecular weight excluding hydrogens is 358 g/mol. The summed E-state index contributed by atoms with van der Waals surface area (Å²) in [6, 6.07) is 12.6. The highest BCUT2D eigenvalue weighted by Crippen LogP contribution is 2.63. The first-order valence-electron chi connectivity index (χ1n) is 9.61. The first kappa shape index (κ1) is 18.7. The summed E-state index contributed by atoms with van der Waals surface area (Å²) in [7, 11) is 0. The van der Waals surface area contributed by atoms with Crippen LogP contribution in [0.15, 0.2) is 48.8 Å². The molecule has 1 saturated carbocycles. The normalized spacial score (nSPS) is 28.1. The van der Waals surface area contributed by atoms with Crippen LogP contribution in [0.5, 0.6) is 0 Å². The van der Waals surface area contributed by atoms with E-state index in [0.717, 1.165) is 30.4 Å². The molecule has 27 heavy (non-hydrogen) atoms. The van der Waals surface area contributed by atoms with Crippen molar-refractivity contribution in [3.05, 3.63) is 65.5 Å². The number of likely N-dealkylation sites (tertiary alicyclic amines) is 1. The van der Waals surface area contributed by atoms with Crippen LogP contribution in [0, 0.1) is 11.8 Å². The minimum Gasteiger partial charge on any atom is -0.760 e. The number of nitrogens with zero attached hydrogens (tertiary/aromatic N) is 2. The van der Waals surface area contributed by atoms with Gasteiger partial charge in [0.2, 0.25) is 0 Å². The zero-order chi connectivity index (χ0) is 18.9. The lowest BCUT2D eigenvalue weighted by atomic mass is 9.91. The van der Waals surface area contributed by atoms with Crippen LogP contribution in [0.4, 0.5) is 0 Å². The van der Waals surface area contributed by atoms with Gasteiger partial charge in [0.1, 0.15) is 0 Å². The van der Waals surface area contributed by atoms with E-state index in [2.05, 4.69) is 45.8 Å². The first-order valence-corrected chi connectivity index (χ1v) is 10.7. The molecule has 2 fully saturated rings. The van der Waals surface area contributed by atoms with Crippen LogP contribution >= 0.6 is 0 Å². The van der Waals surface area contributed by atoms with Crippen LogP contribution in [-0.2, 0) is 29.6 Å². The molecule has 1 N–H and O–H groups in total. The average Bonchev–Trinajstić information content (AvgIpc) is 3.03. The van der Waals surface area contributed by atoms with Crippen LogP contribution in [0.2, 0.25) is 0 Å². The predicted molar refractivity (Wildman–Crippen MR) is 106 cm³/mol. The van der Waals surface area contributed by atoms with Gasteiger partial charge in [0, 0.05) is 48.7 Å². The largest absolute Gasteiger partial charge is 0.760 e. The predicted octanol–water partition coefficient (Wildman–Crippen LogP) is 2.42. The average molecular weight is 385 g/mol. The van der Waals surface area contributed by atoms with E-state index < -0.39 is 11.3 Å². The summed E-state index contributed by atoms with van der Waals surface area (Å²) in [5.74, 6) is 1.44. The SMILES string of the molecule is CC1(c2cccc(CNS(=O)[O-])c2)C2CN(CCCc3ccncc3)CC21. The Morgan fingerprint density at radius 1 is 1.22 bits per heavy atom. The lowest BCUT2D eigenvalue weighted by Gasteiger charge is -2.25. The molecule has 1 aromatic heterocycles. The van der Waals surface area contributed by atoms with E-state index in [1.165, 1.54) is 30.6 Å². The molecule has 6 heteroatoms. The van der Waals surface area contributed by atoms with E-state index in [1.807, 2.05) is 24.5 Å². The van der Waals surface area contributed by atoms with Gasteiger partial charge in [-0.15, -0.1) is 0 Å². The molecule has 1 aliphatic carbocycles. The highest BCUT2D eigenvalue weighted by Gasteiger charge is 2.65. The molecule has 0 amide bonds. The van der Waals surface area contributed by atoms with Crippen LogP contribution in [0.25, 0.3) is 0 Å². The van der Waals surface area contributed by atoms with E-state index in [-0.39, 0.29) is 5.41 Å². The molecule has 0 radical (unpaired) electrons. The number of aryl methyl sites for hydroxylation is 1. The number of aromatic nitrogens is 1. The highest BCUT2D eigenvalue weighted by atomic mass is 32.2. The maximum absolute atomic E-state index is 10.7. The molecule has 1 aliphatic heterocycles. The van der Waals surface area contributed by atoms with Crippen molar-refractivity contribution in [1.29, 1.82) is 0 Å². The van der Waals surface area contributed by atoms with Gasteiger partial charge in [-0.25, -0.2) is 4.72 Å². The number of piperidine rings is 1. The summed E-state index contributed by atoms with van der Waals surface area (Å²) >= 11 is -2.21. The van der Waals surface area contributed by atoms with Crippen molar-refractivity contribution in [3.63, 3.8) is 0 Å². The second-order valence-corrected chi connectivity index (χ2v) is 8.73. The fourth-order valence-corrected chi connectivity index (χ4v) is 5.07. The summed E-state index contributed by atoms with van der Waals surface area (Å²) in [5.41, 5.74) is 3.99. The van der Waals surface area contributed by atoms with Crippen LogP contribution < -0.4 is 4.72 Å². The lowest BCUT2D eigenvalue weighted by molar-refractivity contribution is 0.274. The van der Waals surface area contributed by atoms with Crippen LogP contribution in [0.3, 0.4) is 0 Å². The Bertz CT molecular complexity index is 802. The molecule has 0 spiro atoms. The summed E-state index contributed by atoms with van der Waals surface area (Å²) in [5, 5.41) is 0. The van der Waals surface area contributed by atoms with Crippen molar-refractivity contribution >= 4 is 11.3 Å². The Kier molecular flexibility index (Phi) is 5.41. The third-order valence-corrected chi connectivity index (χ3v) is 6.84. The molecule has 3 atom stereocenters. The van der Waals surface area contributed by atoms with Gasteiger partial charge in [-0.3, -0.25) is 9.19 Å². The van der Waals surface area contributed by atoms with E-state index in [9.17, 15) is 8.76 Å². The summed E-state index contributed by atoms with van der Waals surface area (Å²) in [6.45, 7) is 6.23. The fourth-order valence-electron chi connectivity index (χ4n) is 4.79. The van der Waals surface area contributed by atoms with Crippen molar-refractivity contribution < 1.29 is 8.76 Å². The van der Waals surface area contributed by atoms with Gasteiger partial charge in [0.05, 0.1) is 0 Å². The molecule has 1 aromatic carbocycles. The topological polar surface area (TPSA) is 68.3 Å².